The highest BCUT2D eigenvalue weighted by molar-refractivity contribution is 7.23. The Hall–Kier alpha value is -1.75. The fourth-order valence-electron chi connectivity index (χ4n) is 1.44. The van der Waals surface area contributed by atoms with Gasteiger partial charge in [-0.25, -0.2) is 4.79 Å². The minimum absolute atomic E-state index is 0.178. The standard InChI is InChI=1S/C10H9NO3S/c1-14-5-2-3-6-7(4-5)15-9(11)8(6)10(12)13/h2-4H,11H2,1H3,(H,12,13). The van der Waals surface area contributed by atoms with Crippen molar-refractivity contribution < 1.29 is 14.6 Å². The van der Waals surface area contributed by atoms with Gasteiger partial charge in [0.2, 0.25) is 0 Å². The van der Waals surface area contributed by atoms with E-state index in [-0.39, 0.29) is 5.56 Å². The molecule has 78 valence electrons. The molecule has 1 heterocycles. The van der Waals surface area contributed by atoms with Crippen molar-refractivity contribution in [3.05, 3.63) is 23.8 Å². The van der Waals surface area contributed by atoms with E-state index in [0.29, 0.717) is 16.1 Å². The van der Waals surface area contributed by atoms with E-state index in [1.54, 1.807) is 25.3 Å². The number of carboxylic acids is 1. The van der Waals surface area contributed by atoms with Crippen LogP contribution in [0.2, 0.25) is 0 Å². The zero-order valence-electron chi connectivity index (χ0n) is 7.98. The van der Waals surface area contributed by atoms with Gasteiger partial charge in [-0.2, -0.15) is 0 Å². The average molecular weight is 223 g/mol. The van der Waals surface area contributed by atoms with Gasteiger partial charge in [0.1, 0.15) is 16.3 Å². The highest BCUT2D eigenvalue weighted by Gasteiger charge is 2.16. The molecule has 5 heteroatoms. The third-order valence-corrected chi connectivity index (χ3v) is 3.12. The fourth-order valence-corrected chi connectivity index (χ4v) is 2.43. The van der Waals surface area contributed by atoms with Gasteiger partial charge in [0, 0.05) is 10.1 Å². The van der Waals surface area contributed by atoms with Crippen LogP contribution in [0.25, 0.3) is 10.1 Å². The van der Waals surface area contributed by atoms with E-state index < -0.39 is 5.97 Å². The van der Waals surface area contributed by atoms with E-state index >= 15 is 0 Å². The van der Waals surface area contributed by atoms with Gasteiger partial charge in [0.05, 0.1) is 7.11 Å². The number of aromatic carboxylic acids is 1. The summed E-state index contributed by atoms with van der Waals surface area (Å²) in [6.07, 6.45) is 0. The molecule has 1 aromatic heterocycles. The Morgan fingerprint density at radius 1 is 1.53 bits per heavy atom. The van der Waals surface area contributed by atoms with Crippen molar-refractivity contribution in [1.82, 2.24) is 0 Å². The van der Waals surface area contributed by atoms with Crippen molar-refractivity contribution in [1.29, 1.82) is 0 Å². The van der Waals surface area contributed by atoms with Crippen molar-refractivity contribution in [2.75, 3.05) is 12.8 Å². The van der Waals surface area contributed by atoms with Gasteiger partial charge >= 0.3 is 5.97 Å². The molecule has 0 fully saturated rings. The smallest absolute Gasteiger partial charge is 0.339 e. The van der Waals surface area contributed by atoms with Crippen LogP contribution in [-0.2, 0) is 0 Å². The van der Waals surface area contributed by atoms with E-state index in [0.717, 1.165) is 4.70 Å². The molecule has 2 rings (SSSR count). The van der Waals surface area contributed by atoms with E-state index in [2.05, 4.69) is 0 Å². The molecule has 0 atom stereocenters. The van der Waals surface area contributed by atoms with Crippen LogP contribution >= 0.6 is 11.3 Å². The summed E-state index contributed by atoms with van der Waals surface area (Å²) in [5.41, 5.74) is 5.82. The van der Waals surface area contributed by atoms with Gasteiger partial charge in [-0.1, -0.05) is 0 Å². The van der Waals surface area contributed by atoms with Gasteiger partial charge in [0.15, 0.2) is 0 Å². The molecule has 0 radical (unpaired) electrons. The van der Waals surface area contributed by atoms with Crippen LogP contribution in [0.3, 0.4) is 0 Å². The number of ether oxygens (including phenoxy) is 1. The Morgan fingerprint density at radius 3 is 2.87 bits per heavy atom. The molecular formula is C10H9NO3S. The summed E-state index contributed by atoms with van der Waals surface area (Å²) in [4.78, 5) is 10.9. The van der Waals surface area contributed by atoms with Crippen LogP contribution in [0.4, 0.5) is 5.00 Å². The Kier molecular flexibility index (Phi) is 2.24. The molecule has 0 bridgehead atoms. The molecule has 15 heavy (non-hydrogen) atoms. The largest absolute Gasteiger partial charge is 0.497 e. The molecule has 0 amide bonds. The zero-order chi connectivity index (χ0) is 11.0. The second-order valence-electron chi connectivity index (χ2n) is 3.01. The summed E-state index contributed by atoms with van der Waals surface area (Å²) in [6.45, 7) is 0. The Balaban J connectivity index is 2.74. The molecule has 0 aliphatic rings. The summed E-state index contributed by atoms with van der Waals surface area (Å²) >= 11 is 1.25. The number of rotatable bonds is 2. The van der Waals surface area contributed by atoms with Crippen molar-refractivity contribution in [3.63, 3.8) is 0 Å². The van der Waals surface area contributed by atoms with Crippen LogP contribution in [0.15, 0.2) is 18.2 Å². The Labute approximate surface area is 89.9 Å². The molecule has 4 nitrogen and oxygen atoms in total. The summed E-state index contributed by atoms with van der Waals surface area (Å²) in [5.74, 6) is -0.301. The number of hydrogen-bond donors (Lipinski definition) is 2. The molecule has 3 N–H and O–H groups in total. The van der Waals surface area contributed by atoms with E-state index in [9.17, 15) is 4.79 Å². The van der Waals surface area contributed by atoms with Crippen LogP contribution < -0.4 is 10.5 Å². The van der Waals surface area contributed by atoms with Crippen molar-refractivity contribution in [3.8, 4) is 5.75 Å². The van der Waals surface area contributed by atoms with Crippen LogP contribution in [0.1, 0.15) is 10.4 Å². The zero-order valence-corrected chi connectivity index (χ0v) is 8.80. The fraction of sp³-hybridized carbons (Fsp3) is 0.100. The summed E-state index contributed by atoms with van der Waals surface area (Å²) in [7, 11) is 1.57. The number of carbonyl (C=O) groups is 1. The summed E-state index contributed by atoms with van der Waals surface area (Å²) in [6, 6.07) is 5.22. The maximum Gasteiger partial charge on any atom is 0.339 e. The lowest BCUT2D eigenvalue weighted by Gasteiger charge is -1.98. The molecule has 0 saturated heterocycles. The van der Waals surface area contributed by atoms with Crippen LogP contribution in [0, 0.1) is 0 Å². The second kappa shape index (κ2) is 3.43. The quantitative estimate of drug-likeness (QED) is 0.818. The minimum atomic E-state index is -0.996. The number of benzene rings is 1. The van der Waals surface area contributed by atoms with Crippen molar-refractivity contribution in [2.24, 2.45) is 0 Å². The number of methoxy groups -OCH3 is 1. The number of hydrogen-bond acceptors (Lipinski definition) is 4. The SMILES string of the molecule is COc1ccc2c(C(=O)O)c(N)sc2c1. The highest BCUT2D eigenvalue weighted by Crippen LogP contribution is 2.35. The first kappa shape index (κ1) is 9.79. The van der Waals surface area contributed by atoms with E-state index in [4.69, 9.17) is 15.6 Å². The first-order chi connectivity index (χ1) is 7.13. The maximum atomic E-state index is 10.9. The summed E-state index contributed by atoms with van der Waals surface area (Å²) < 4.78 is 5.87. The van der Waals surface area contributed by atoms with Gasteiger partial charge in [0.25, 0.3) is 0 Å². The Bertz CT molecular complexity index is 533. The number of nitrogen functional groups attached to an aromatic ring is 1. The van der Waals surface area contributed by atoms with E-state index in [1.165, 1.54) is 11.3 Å². The number of fused-ring (bicyclic) bond motifs is 1. The van der Waals surface area contributed by atoms with E-state index in [1.807, 2.05) is 0 Å². The first-order valence-corrected chi connectivity index (χ1v) is 5.04. The molecule has 0 unspecified atom stereocenters. The normalized spacial score (nSPS) is 10.5. The number of thiophene rings is 1. The maximum absolute atomic E-state index is 10.9. The first-order valence-electron chi connectivity index (χ1n) is 4.23. The molecule has 0 aliphatic heterocycles. The van der Waals surface area contributed by atoms with Gasteiger partial charge in [-0.15, -0.1) is 11.3 Å². The molecule has 1 aromatic carbocycles. The topological polar surface area (TPSA) is 72.5 Å². The third-order valence-electron chi connectivity index (χ3n) is 2.14. The van der Waals surface area contributed by atoms with Crippen LogP contribution in [0.5, 0.6) is 5.75 Å². The summed E-state index contributed by atoms with van der Waals surface area (Å²) in [5, 5.41) is 9.96. The predicted molar refractivity (Wildman–Crippen MR) is 59.7 cm³/mol. The Morgan fingerprint density at radius 2 is 2.27 bits per heavy atom. The molecular weight excluding hydrogens is 214 g/mol. The molecule has 0 aliphatic carbocycles. The highest BCUT2D eigenvalue weighted by atomic mass is 32.1. The van der Waals surface area contributed by atoms with Crippen molar-refractivity contribution in [2.45, 2.75) is 0 Å². The van der Waals surface area contributed by atoms with Crippen molar-refractivity contribution >= 4 is 32.4 Å². The van der Waals surface area contributed by atoms with Gasteiger partial charge in [-0.05, 0) is 18.2 Å². The van der Waals surface area contributed by atoms with Crippen LogP contribution in [-0.4, -0.2) is 18.2 Å². The predicted octanol–water partition coefficient (Wildman–Crippen LogP) is 2.19. The van der Waals surface area contributed by atoms with Gasteiger partial charge < -0.3 is 15.6 Å². The molecule has 0 spiro atoms. The minimum Gasteiger partial charge on any atom is -0.497 e. The number of carboxylic acid groups (broad SMARTS) is 1. The number of anilines is 1. The average Bonchev–Trinajstić information content (AvgIpc) is 2.52. The lowest BCUT2D eigenvalue weighted by molar-refractivity contribution is 0.0700. The lowest BCUT2D eigenvalue weighted by Crippen LogP contribution is -1.98. The van der Waals surface area contributed by atoms with Gasteiger partial charge in [-0.3, -0.25) is 0 Å². The molecule has 0 saturated carbocycles. The second-order valence-corrected chi connectivity index (χ2v) is 4.09. The lowest BCUT2D eigenvalue weighted by atomic mass is 10.1. The molecule has 2 aromatic rings. The third kappa shape index (κ3) is 1.50. The monoisotopic (exact) mass is 223 g/mol. The number of nitrogens with two attached hydrogens (primary N) is 1.